The molecule has 1 amide bonds. The Bertz CT molecular complexity index is 966. The summed E-state index contributed by atoms with van der Waals surface area (Å²) >= 11 is 0. The van der Waals surface area contributed by atoms with Crippen molar-refractivity contribution in [1.29, 1.82) is 0 Å². The topological polar surface area (TPSA) is 81.2 Å². The number of nitrogens with zero attached hydrogens (tertiary/aromatic N) is 3. The molecule has 134 valence electrons. The molecule has 0 spiro atoms. The van der Waals surface area contributed by atoms with Crippen LogP contribution in [-0.4, -0.2) is 40.2 Å². The number of hydrogen-bond donors (Lipinski definition) is 1. The maximum atomic E-state index is 13.0. The molecule has 26 heavy (non-hydrogen) atoms. The van der Waals surface area contributed by atoms with Crippen molar-refractivity contribution in [2.24, 2.45) is 12.8 Å². The largest absolute Gasteiger partial charge is 0.336 e. The van der Waals surface area contributed by atoms with Crippen molar-refractivity contribution in [2.45, 2.75) is 6.42 Å². The van der Waals surface area contributed by atoms with E-state index in [-0.39, 0.29) is 17.0 Å². The van der Waals surface area contributed by atoms with Crippen molar-refractivity contribution in [2.75, 3.05) is 19.6 Å². The van der Waals surface area contributed by atoms with Gasteiger partial charge in [0.05, 0.1) is 5.52 Å². The average Bonchev–Trinajstić information content (AvgIpc) is 2.68. The van der Waals surface area contributed by atoms with Crippen LogP contribution in [0.4, 0.5) is 0 Å². The molecule has 0 unspecified atom stereocenters. The highest BCUT2D eigenvalue weighted by Crippen LogP contribution is 2.10. The van der Waals surface area contributed by atoms with Crippen LogP contribution in [-0.2, 0) is 13.5 Å². The summed E-state index contributed by atoms with van der Waals surface area (Å²) < 4.78 is 1.57. The summed E-state index contributed by atoms with van der Waals surface area (Å²) in [4.78, 5) is 27.3. The molecule has 0 aliphatic heterocycles. The first kappa shape index (κ1) is 17.8. The monoisotopic (exact) mass is 350 g/mol. The summed E-state index contributed by atoms with van der Waals surface area (Å²) in [6, 6.07) is 17.1. The molecule has 0 saturated carbocycles. The second-order valence-corrected chi connectivity index (χ2v) is 6.13. The number of nitrogens with two attached hydrogens (primary N) is 1. The van der Waals surface area contributed by atoms with Crippen molar-refractivity contribution < 1.29 is 4.79 Å². The zero-order valence-corrected chi connectivity index (χ0v) is 14.8. The van der Waals surface area contributed by atoms with E-state index in [0.29, 0.717) is 37.0 Å². The van der Waals surface area contributed by atoms with Crippen molar-refractivity contribution in [1.82, 2.24) is 14.7 Å². The Morgan fingerprint density at radius 3 is 2.50 bits per heavy atom. The fourth-order valence-corrected chi connectivity index (χ4v) is 2.99. The molecule has 2 aromatic carbocycles. The lowest BCUT2D eigenvalue weighted by Gasteiger charge is -2.22. The Hall–Kier alpha value is -2.99. The van der Waals surface area contributed by atoms with E-state index >= 15 is 0 Å². The van der Waals surface area contributed by atoms with E-state index in [4.69, 9.17) is 5.73 Å². The van der Waals surface area contributed by atoms with Crippen LogP contribution < -0.4 is 11.2 Å². The van der Waals surface area contributed by atoms with Gasteiger partial charge in [-0.25, -0.2) is 0 Å². The number of amides is 1. The molecule has 1 aromatic heterocycles. The second-order valence-electron chi connectivity index (χ2n) is 6.13. The summed E-state index contributed by atoms with van der Waals surface area (Å²) in [7, 11) is 1.73. The van der Waals surface area contributed by atoms with Gasteiger partial charge in [0.1, 0.15) is 0 Å². The van der Waals surface area contributed by atoms with Crippen molar-refractivity contribution in [3.05, 3.63) is 76.1 Å². The standard InChI is InChI=1S/C20H22N4O2/c1-23-17-10-6-5-9-16(17)19(25)18(22-23)20(26)24(14-12-21)13-11-15-7-3-2-4-8-15/h2-10H,11-14,21H2,1H3. The van der Waals surface area contributed by atoms with Gasteiger partial charge >= 0.3 is 0 Å². The fraction of sp³-hybridized carbons (Fsp3) is 0.250. The maximum Gasteiger partial charge on any atom is 0.278 e. The molecular weight excluding hydrogens is 328 g/mol. The van der Waals surface area contributed by atoms with Crippen LogP contribution in [0.15, 0.2) is 59.4 Å². The number of benzene rings is 2. The molecule has 0 bridgehead atoms. The molecule has 3 rings (SSSR count). The van der Waals surface area contributed by atoms with E-state index in [0.717, 1.165) is 5.56 Å². The fourth-order valence-electron chi connectivity index (χ4n) is 2.99. The first-order valence-electron chi connectivity index (χ1n) is 8.61. The molecule has 3 aromatic rings. The number of carbonyl (C=O) groups excluding carboxylic acids is 1. The smallest absolute Gasteiger partial charge is 0.278 e. The van der Waals surface area contributed by atoms with Gasteiger partial charge in [-0.2, -0.15) is 5.10 Å². The molecule has 6 heteroatoms. The van der Waals surface area contributed by atoms with Crippen molar-refractivity contribution >= 4 is 16.8 Å². The minimum atomic E-state index is -0.377. The van der Waals surface area contributed by atoms with E-state index in [1.54, 1.807) is 28.8 Å². The van der Waals surface area contributed by atoms with Gasteiger partial charge in [0, 0.05) is 32.1 Å². The third-order valence-corrected chi connectivity index (χ3v) is 4.36. The molecule has 0 aliphatic carbocycles. The number of rotatable bonds is 6. The highest BCUT2D eigenvalue weighted by atomic mass is 16.2. The number of carbonyl (C=O) groups is 1. The van der Waals surface area contributed by atoms with Gasteiger partial charge in [0.15, 0.2) is 5.69 Å². The van der Waals surface area contributed by atoms with Gasteiger partial charge in [-0.15, -0.1) is 0 Å². The van der Waals surface area contributed by atoms with Crippen molar-refractivity contribution in [3.8, 4) is 0 Å². The third kappa shape index (κ3) is 3.65. The van der Waals surface area contributed by atoms with Crippen LogP contribution in [0.1, 0.15) is 16.1 Å². The molecule has 2 N–H and O–H groups in total. The third-order valence-electron chi connectivity index (χ3n) is 4.36. The highest BCUT2D eigenvalue weighted by Gasteiger charge is 2.22. The van der Waals surface area contributed by atoms with Crippen LogP contribution >= 0.6 is 0 Å². The lowest BCUT2D eigenvalue weighted by atomic mass is 10.1. The molecule has 6 nitrogen and oxygen atoms in total. The molecule has 0 fully saturated rings. The molecule has 1 heterocycles. The van der Waals surface area contributed by atoms with Gasteiger partial charge in [0.2, 0.25) is 5.43 Å². The molecule has 0 aliphatic rings. The summed E-state index contributed by atoms with van der Waals surface area (Å²) in [6.45, 7) is 1.19. The average molecular weight is 350 g/mol. The lowest BCUT2D eigenvalue weighted by Crippen LogP contribution is -2.40. The Kier molecular flexibility index (Phi) is 5.43. The first-order chi connectivity index (χ1) is 12.6. The van der Waals surface area contributed by atoms with Crippen LogP contribution in [0.3, 0.4) is 0 Å². The predicted molar refractivity (Wildman–Crippen MR) is 102 cm³/mol. The van der Waals surface area contributed by atoms with E-state index in [9.17, 15) is 9.59 Å². The van der Waals surface area contributed by atoms with Crippen LogP contribution in [0.5, 0.6) is 0 Å². The molecular formula is C20H22N4O2. The number of fused-ring (bicyclic) bond motifs is 1. The highest BCUT2D eigenvalue weighted by molar-refractivity contribution is 5.95. The SMILES string of the molecule is Cn1nc(C(=O)N(CCN)CCc2ccccc2)c(=O)c2ccccc21. The Labute approximate surface area is 151 Å². The van der Waals surface area contributed by atoms with E-state index in [1.807, 2.05) is 42.5 Å². The number of aromatic nitrogens is 2. The van der Waals surface area contributed by atoms with Gasteiger partial charge in [-0.1, -0.05) is 42.5 Å². The summed E-state index contributed by atoms with van der Waals surface area (Å²) in [5, 5.41) is 4.72. The van der Waals surface area contributed by atoms with Crippen LogP contribution in [0.2, 0.25) is 0 Å². The molecule has 0 saturated heterocycles. The minimum absolute atomic E-state index is 0.0623. The first-order valence-corrected chi connectivity index (χ1v) is 8.61. The quantitative estimate of drug-likeness (QED) is 0.732. The van der Waals surface area contributed by atoms with E-state index in [2.05, 4.69) is 5.10 Å². The molecule has 0 atom stereocenters. The predicted octanol–water partition coefficient (Wildman–Crippen LogP) is 1.58. The normalized spacial score (nSPS) is 10.8. The summed E-state index contributed by atoms with van der Waals surface area (Å²) in [6.07, 6.45) is 0.695. The lowest BCUT2D eigenvalue weighted by molar-refractivity contribution is 0.0753. The zero-order valence-electron chi connectivity index (χ0n) is 14.8. The van der Waals surface area contributed by atoms with Gasteiger partial charge in [-0.05, 0) is 24.1 Å². The summed E-state index contributed by atoms with van der Waals surface area (Å²) in [5.41, 5.74) is 7.10. The Balaban J connectivity index is 1.91. The number of para-hydroxylation sites is 1. The van der Waals surface area contributed by atoms with E-state index < -0.39 is 0 Å². The van der Waals surface area contributed by atoms with Crippen LogP contribution in [0, 0.1) is 0 Å². The Morgan fingerprint density at radius 2 is 1.77 bits per heavy atom. The number of hydrogen-bond acceptors (Lipinski definition) is 4. The van der Waals surface area contributed by atoms with Gasteiger partial charge < -0.3 is 10.6 Å². The summed E-state index contributed by atoms with van der Waals surface area (Å²) in [5.74, 6) is -0.377. The van der Waals surface area contributed by atoms with E-state index in [1.165, 1.54) is 0 Å². The second kappa shape index (κ2) is 7.93. The minimum Gasteiger partial charge on any atom is -0.336 e. The maximum absolute atomic E-state index is 13.0. The van der Waals surface area contributed by atoms with Crippen molar-refractivity contribution in [3.63, 3.8) is 0 Å². The van der Waals surface area contributed by atoms with Gasteiger partial charge in [0.25, 0.3) is 5.91 Å². The van der Waals surface area contributed by atoms with Gasteiger partial charge in [-0.3, -0.25) is 14.3 Å². The Morgan fingerprint density at radius 1 is 1.08 bits per heavy atom. The van der Waals surface area contributed by atoms with Crippen LogP contribution in [0.25, 0.3) is 10.9 Å². The molecule has 0 radical (unpaired) electrons. The number of aryl methyl sites for hydroxylation is 1. The zero-order chi connectivity index (χ0) is 18.5.